The molecule has 1 atom stereocenters. The van der Waals surface area contributed by atoms with Crippen molar-refractivity contribution >= 4 is 23.2 Å². The number of aromatic hydroxyl groups is 1. The molecule has 0 bridgehead atoms. The first-order valence-corrected chi connectivity index (χ1v) is 8.71. The van der Waals surface area contributed by atoms with Gasteiger partial charge in [-0.3, -0.25) is 14.0 Å². The molecule has 26 heavy (non-hydrogen) atoms. The van der Waals surface area contributed by atoms with E-state index in [9.17, 15) is 14.7 Å². The van der Waals surface area contributed by atoms with Crippen LogP contribution < -0.4 is 10.9 Å². The second-order valence-electron chi connectivity index (χ2n) is 6.32. The highest BCUT2D eigenvalue weighted by atomic mass is 35.5. The van der Waals surface area contributed by atoms with Gasteiger partial charge in [-0.1, -0.05) is 23.7 Å². The van der Waals surface area contributed by atoms with E-state index in [1.54, 1.807) is 24.3 Å². The van der Waals surface area contributed by atoms with Crippen molar-refractivity contribution in [3.05, 3.63) is 74.8 Å². The Morgan fingerprint density at radius 2 is 2.15 bits per heavy atom. The average molecular weight is 370 g/mol. The fourth-order valence-corrected chi connectivity index (χ4v) is 3.58. The maximum absolute atomic E-state index is 12.7. The number of fused-ring (bicyclic) bond motifs is 2. The molecule has 0 spiro atoms. The monoisotopic (exact) mass is 369 g/mol. The fourth-order valence-electron chi connectivity index (χ4n) is 3.42. The predicted octanol–water partition coefficient (Wildman–Crippen LogP) is 2.86. The molecule has 1 aromatic carbocycles. The quantitative estimate of drug-likeness (QED) is 0.727. The number of hydrogen-bond acceptors (Lipinski definition) is 4. The Morgan fingerprint density at radius 1 is 1.31 bits per heavy atom. The van der Waals surface area contributed by atoms with Gasteiger partial charge in [0.05, 0.1) is 11.1 Å². The van der Waals surface area contributed by atoms with Gasteiger partial charge in [-0.15, -0.1) is 0 Å². The molecule has 1 amide bonds. The van der Waals surface area contributed by atoms with Gasteiger partial charge in [0.25, 0.3) is 11.5 Å². The van der Waals surface area contributed by atoms with Crippen LogP contribution in [0.25, 0.3) is 5.65 Å². The summed E-state index contributed by atoms with van der Waals surface area (Å²) in [7, 11) is 0. The van der Waals surface area contributed by atoms with Crippen LogP contribution in [0, 0.1) is 0 Å². The first-order valence-electron chi connectivity index (χ1n) is 8.33. The van der Waals surface area contributed by atoms with Crippen molar-refractivity contribution in [2.45, 2.75) is 25.3 Å². The minimum atomic E-state index is -0.488. The van der Waals surface area contributed by atoms with Gasteiger partial charge in [-0.2, -0.15) is 0 Å². The van der Waals surface area contributed by atoms with Crippen LogP contribution in [-0.4, -0.2) is 20.4 Å². The summed E-state index contributed by atoms with van der Waals surface area (Å²) in [5.41, 5.74) is 1.65. The molecule has 0 aliphatic heterocycles. The number of nitrogens with zero attached hydrogens (tertiary/aromatic N) is 2. The lowest BCUT2D eigenvalue weighted by Gasteiger charge is -2.26. The van der Waals surface area contributed by atoms with E-state index in [-0.39, 0.29) is 17.4 Å². The van der Waals surface area contributed by atoms with Crippen molar-refractivity contribution in [3.8, 4) is 5.75 Å². The predicted molar refractivity (Wildman–Crippen MR) is 97.7 cm³/mol. The molecule has 0 saturated heterocycles. The number of carbonyl (C=O) groups is 1. The van der Waals surface area contributed by atoms with Crippen LogP contribution in [0.2, 0.25) is 5.02 Å². The number of carbonyl (C=O) groups excluding carboxylic acids is 1. The third kappa shape index (κ3) is 2.82. The third-order valence-electron chi connectivity index (χ3n) is 4.70. The summed E-state index contributed by atoms with van der Waals surface area (Å²) in [4.78, 5) is 29.5. The van der Waals surface area contributed by atoms with Gasteiger partial charge in [-0.05, 0) is 48.6 Å². The number of halogens is 1. The summed E-state index contributed by atoms with van der Waals surface area (Å²) < 4.78 is 1.26. The van der Waals surface area contributed by atoms with Gasteiger partial charge in [-0.25, -0.2) is 4.98 Å². The first-order chi connectivity index (χ1) is 12.5. The minimum absolute atomic E-state index is 0.0444. The maximum Gasteiger partial charge on any atom is 0.270 e. The molecule has 0 radical (unpaired) electrons. The number of nitrogens with one attached hydrogen (secondary N) is 1. The smallest absolute Gasteiger partial charge is 0.270 e. The molecule has 3 aromatic rings. The van der Waals surface area contributed by atoms with E-state index < -0.39 is 11.5 Å². The van der Waals surface area contributed by atoms with Crippen molar-refractivity contribution in [1.82, 2.24) is 14.7 Å². The summed E-state index contributed by atoms with van der Waals surface area (Å²) in [5, 5.41) is 13.3. The molecular weight excluding hydrogens is 354 g/mol. The zero-order chi connectivity index (χ0) is 18.3. The second kappa shape index (κ2) is 6.46. The molecule has 2 aromatic heterocycles. The van der Waals surface area contributed by atoms with E-state index >= 15 is 0 Å². The highest BCUT2D eigenvalue weighted by Gasteiger charge is 2.25. The highest BCUT2D eigenvalue weighted by molar-refractivity contribution is 6.30. The Bertz CT molecular complexity index is 1080. The Morgan fingerprint density at radius 3 is 3.00 bits per heavy atom. The van der Waals surface area contributed by atoms with Crippen LogP contribution in [0.4, 0.5) is 0 Å². The summed E-state index contributed by atoms with van der Waals surface area (Å²) in [5.74, 6) is -0.249. The van der Waals surface area contributed by atoms with Gasteiger partial charge in [0, 0.05) is 12.4 Å². The van der Waals surface area contributed by atoms with Crippen molar-refractivity contribution in [2.24, 2.45) is 0 Å². The van der Waals surface area contributed by atoms with E-state index in [1.807, 2.05) is 6.07 Å². The SMILES string of the molecule is O=C(NC1CCCc2c(O)cccc21)c1cnc2ccc(Cl)cn2c1=O. The summed E-state index contributed by atoms with van der Waals surface area (Å²) in [6.07, 6.45) is 5.09. The summed E-state index contributed by atoms with van der Waals surface area (Å²) in [6.45, 7) is 0. The van der Waals surface area contributed by atoms with Crippen LogP contribution in [0.5, 0.6) is 5.75 Å². The number of aromatic nitrogens is 2. The molecule has 132 valence electrons. The average Bonchev–Trinajstić information content (AvgIpc) is 2.63. The van der Waals surface area contributed by atoms with Crippen LogP contribution in [-0.2, 0) is 6.42 Å². The van der Waals surface area contributed by atoms with Crippen molar-refractivity contribution in [2.75, 3.05) is 0 Å². The number of benzene rings is 1. The van der Waals surface area contributed by atoms with Gasteiger partial charge in [0.15, 0.2) is 0 Å². The Hall–Kier alpha value is -2.86. The number of phenolic OH excluding ortho intramolecular Hbond substituents is 1. The van der Waals surface area contributed by atoms with Crippen LogP contribution in [0.1, 0.15) is 40.4 Å². The van der Waals surface area contributed by atoms with Gasteiger partial charge >= 0.3 is 0 Å². The van der Waals surface area contributed by atoms with Gasteiger partial charge < -0.3 is 10.4 Å². The highest BCUT2D eigenvalue weighted by Crippen LogP contribution is 2.34. The number of phenols is 1. The zero-order valence-electron chi connectivity index (χ0n) is 13.8. The molecule has 6 nitrogen and oxygen atoms in total. The topological polar surface area (TPSA) is 83.7 Å². The van der Waals surface area contributed by atoms with Crippen molar-refractivity contribution < 1.29 is 9.90 Å². The molecular formula is C19H16ClN3O3. The second-order valence-corrected chi connectivity index (χ2v) is 6.75. The van der Waals surface area contributed by atoms with Crippen LogP contribution >= 0.6 is 11.6 Å². The molecule has 4 rings (SSSR count). The number of amides is 1. The van der Waals surface area contributed by atoms with E-state index in [1.165, 1.54) is 16.8 Å². The van der Waals surface area contributed by atoms with Gasteiger partial charge in [0.1, 0.15) is 17.0 Å². The lowest BCUT2D eigenvalue weighted by atomic mass is 9.87. The number of pyridine rings is 1. The van der Waals surface area contributed by atoms with Crippen LogP contribution in [0.15, 0.2) is 47.5 Å². The van der Waals surface area contributed by atoms with E-state index in [0.29, 0.717) is 10.7 Å². The van der Waals surface area contributed by atoms with Gasteiger partial charge in [0.2, 0.25) is 0 Å². The molecule has 0 saturated carbocycles. The van der Waals surface area contributed by atoms with Crippen LogP contribution in [0.3, 0.4) is 0 Å². The standard InChI is InChI=1S/C19H16ClN3O3/c20-11-7-8-17-21-9-14(19(26)23(17)10-11)18(25)22-15-5-1-4-13-12(15)3-2-6-16(13)24/h2-3,6-10,15,24H,1,4-5H2,(H,22,25). The lowest BCUT2D eigenvalue weighted by Crippen LogP contribution is -2.35. The summed E-state index contributed by atoms with van der Waals surface area (Å²) in [6, 6.07) is 8.29. The number of rotatable bonds is 2. The van der Waals surface area contributed by atoms with Crippen molar-refractivity contribution in [1.29, 1.82) is 0 Å². The Labute approximate surface area is 154 Å². The molecule has 0 fully saturated rings. The molecule has 1 aliphatic carbocycles. The van der Waals surface area contributed by atoms with E-state index in [4.69, 9.17) is 11.6 Å². The van der Waals surface area contributed by atoms with E-state index in [2.05, 4.69) is 10.3 Å². The summed E-state index contributed by atoms with van der Waals surface area (Å²) >= 11 is 5.94. The number of hydrogen-bond donors (Lipinski definition) is 2. The zero-order valence-corrected chi connectivity index (χ0v) is 14.5. The fraction of sp³-hybridized carbons (Fsp3) is 0.211. The largest absolute Gasteiger partial charge is 0.508 e. The maximum atomic E-state index is 12.7. The Kier molecular flexibility index (Phi) is 4.12. The Balaban J connectivity index is 1.68. The van der Waals surface area contributed by atoms with E-state index in [0.717, 1.165) is 30.4 Å². The minimum Gasteiger partial charge on any atom is -0.508 e. The van der Waals surface area contributed by atoms with Crippen molar-refractivity contribution in [3.63, 3.8) is 0 Å². The third-order valence-corrected chi connectivity index (χ3v) is 4.92. The normalized spacial score (nSPS) is 16.3. The molecule has 7 heteroatoms. The molecule has 1 aliphatic rings. The first kappa shape index (κ1) is 16.6. The molecule has 2 N–H and O–H groups in total. The molecule has 2 heterocycles. The molecule has 1 unspecified atom stereocenters. The lowest BCUT2D eigenvalue weighted by molar-refractivity contribution is 0.0930.